The van der Waals surface area contributed by atoms with Crippen molar-refractivity contribution < 1.29 is 9.59 Å². The van der Waals surface area contributed by atoms with Crippen molar-refractivity contribution in [2.24, 2.45) is 5.92 Å². The summed E-state index contributed by atoms with van der Waals surface area (Å²) in [4.78, 5) is 34.5. The monoisotopic (exact) mass is 333 g/mol. The van der Waals surface area contributed by atoms with E-state index in [-0.39, 0.29) is 23.8 Å². The number of hydrogen-bond donors (Lipinski definition) is 2. The minimum atomic E-state index is -0.266. The third kappa shape index (κ3) is 5.26. The second-order valence-electron chi connectivity index (χ2n) is 6.19. The Balaban J connectivity index is 1.76. The van der Waals surface area contributed by atoms with Crippen LogP contribution < -0.4 is 10.6 Å². The number of carbonyl (C=O) groups excluding carboxylic acids is 2. The number of piperidine rings is 1. The van der Waals surface area contributed by atoms with E-state index in [1.165, 1.54) is 0 Å². The van der Waals surface area contributed by atoms with Gasteiger partial charge in [0.05, 0.1) is 6.04 Å². The van der Waals surface area contributed by atoms with Crippen molar-refractivity contribution in [1.29, 1.82) is 0 Å². The molecule has 2 amide bonds. The molecule has 1 aromatic rings. The number of aromatic nitrogens is 2. The summed E-state index contributed by atoms with van der Waals surface area (Å²) in [6.45, 7) is 6.23. The summed E-state index contributed by atoms with van der Waals surface area (Å²) in [5.41, 5.74) is 0. The van der Waals surface area contributed by atoms with Crippen molar-refractivity contribution in [2.75, 3.05) is 25.0 Å². The van der Waals surface area contributed by atoms with Crippen molar-refractivity contribution >= 4 is 17.8 Å². The third-order valence-corrected chi connectivity index (χ3v) is 4.46. The van der Waals surface area contributed by atoms with Gasteiger partial charge >= 0.3 is 0 Å². The Morgan fingerprint density at radius 1 is 1.29 bits per heavy atom. The summed E-state index contributed by atoms with van der Waals surface area (Å²) in [5.74, 6) is 0.412. The summed E-state index contributed by atoms with van der Waals surface area (Å²) in [6.07, 6.45) is 6.86. The van der Waals surface area contributed by atoms with E-state index in [9.17, 15) is 9.59 Å². The molecule has 1 unspecified atom stereocenters. The standard InChI is InChI=1S/C17H27N5O2/c1-3-4-8-18-16(24)14-6-11-22(12-7-14)13(2)15(23)21-17-19-9-5-10-20-17/h5,9-10,13-14H,3-4,6-8,11-12H2,1-2H3,(H,18,24)(H,19,20,21,23). The Kier molecular flexibility index (Phi) is 7.11. The van der Waals surface area contributed by atoms with E-state index >= 15 is 0 Å². The maximum Gasteiger partial charge on any atom is 0.243 e. The van der Waals surface area contributed by atoms with Crippen LogP contribution in [-0.2, 0) is 9.59 Å². The highest BCUT2D eigenvalue weighted by Crippen LogP contribution is 2.19. The van der Waals surface area contributed by atoms with E-state index in [4.69, 9.17) is 0 Å². The molecule has 0 radical (unpaired) electrons. The topological polar surface area (TPSA) is 87.2 Å². The van der Waals surface area contributed by atoms with Gasteiger partial charge in [0.25, 0.3) is 0 Å². The lowest BCUT2D eigenvalue weighted by Crippen LogP contribution is -2.48. The minimum absolute atomic E-state index is 0.0609. The molecule has 1 aliphatic rings. The number of amides is 2. The number of nitrogens with one attached hydrogen (secondary N) is 2. The molecule has 2 rings (SSSR count). The zero-order valence-corrected chi connectivity index (χ0v) is 14.5. The van der Waals surface area contributed by atoms with E-state index < -0.39 is 0 Å². The lowest BCUT2D eigenvalue weighted by atomic mass is 9.95. The zero-order chi connectivity index (χ0) is 17.4. The highest BCUT2D eigenvalue weighted by molar-refractivity contribution is 5.93. The Bertz CT molecular complexity index is 529. The first kappa shape index (κ1) is 18.3. The molecular weight excluding hydrogens is 306 g/mol. The Hall–Kier alpha value is -2.02. The van der Waals surface area contributed by atoms with Crippen molar-refractivity contribution in [3.63, 3.8) is 0 Å². The molecule has 7 heteroatoms. The summed E-state index contributed by atoms with van der Waals surface area (Å²) in [5, 5.41) is 5.72. The van der Waals surface area contributed by atoms with Crippen molar-refractivity contribution in [3.8, 4) is 0 Å². The third-order valence-electron chi connectivity index (χ3n) is 4.46. The van der Waals surface area contributed by atoms with Gasteiger partial charge in [-0.05, 0) is 45.3 Å². The van der Waals surface area contributed by atoms with Gasteiger partial charge in [0, 0.05) is 24.9 Å². The summed E-state index contributed by atoms with van der Waals surface area (Å²) >= 11 is 0. The SMILES string of the molecule is CCCCNC(=O)C1CCN(C(C)C(=O)Nc2ncccn2)CC1. The Morgan fingerprint density at radius 2 is 1.96 bits per heavy atom. The molecule has 1 aromatic heterocycles. The summed E-state index contributed by atoms with van der Waals surface area (Å²) in [7, 11) is 0. The van der Waals surface area contributed by atoms with Crippen LogP contribution in [0.3, 0.4) is 0 Å². The average Bonchev–Trinajstić information content (AvgIpc) is 2.62. The zero-order valence-electron chi connectivity index (χ0n) is 14.5. The number of anilines is 1. The van der Waals surface area contributed by atoms with Crippen LogP contribution in [-0.4, -0.2) is 52.4 Å². The Morgan fingerprint density at radius 3 is 2.58 bits per heavy atom. The highest BCUT2D eigenvalue weighted by Gasteiger charge is 2.29. The first-order valence-corrected chi connectivity index (χ1v) is 8.71. The van der Waals surface area contributed by atoms with Crippen LogP contribution >= 0.6 is 0 Å². The smallest absolute Gasteiger partial charge is 0.243 e. The fourth-order valence-corrected chi connectivity index (χ4v) is 2.83. The van der Waals surface area contributed by atoms with E-state index in [1.54, 1.807) is 18.5 Å². The first-order chi connectivity index (χ1) is 11.6. The molecule has 1 saturated heterocycles. The molecule has 0 aliphatic carbocycles. The molecule has 2 heterocycles. The second kappa shape index (κ2) is 9.32. The molecule has 2 N–H and O–H groups in total. The lowest BCUT2D eigenvalue weighted by molar-refractivity contribution is -0.127. The highest BCUT2D eigenvalue weighted by atomic mass is 16.2. The molecule has 7 nitrogen and oxygen atoms in total. The van der Waals surface area contributed by atoms with E-state index in [0.29, 0.717) is 5.95 Å². The van der Waals surface area contributed by atoms with Crippen LogP contribution in [0.1, 0.15) is 39.5 Å². The van der Waals surface area contributed by atoms with Gasteiger partial charge in [-0.1, -0.05) is 13.3 Å². The molecule has 1 atom stereocenters. The van der Waals surface area contributed by atoms with Gasteiger partial charge in [0.2, 0.25) is 17.8 Å². The molecule has 1 fully saturated rings. The maximum atomic E-state index is 12.3. The lowest BCUT2D eigenvalue weighted by Gasteiger charge is -2.34. The number of nitrogens with zero attached hydrogens (tertiary/aromatic N) is 3. The quantitative estimate of drug-likeness (QED) is 0.737. The van der Waals surface area contributed by atoms with Gasteiger partial charge in [-0.25, -0.2) is 9.97 Å². The predicted molar refractivity (Wildman–Crippen MR) is 92.3 cm³/mol. The van der Waals surface area contributed by atoms with Crippen LogP contribution in [0, 0.1) is 5.92 Å². The predicted octanol–water partition coefficient (Wildman–Crippen LogP) is 1.43. The van der Waals surface area contributed by atoms with Gasteiger partial charge < -0.3 is 5.32 Å². The summed E-state index contributed by atoms with van der Waals surface area (Å²) in [6, 6.07) is 1.44. The molecule has 0 bridgehead atoms. The van der Waals surface area contributed by atoms with Crippen molar-refractivity contribution in [3.05, 3.63) is 18.5 Å². The normalized spacial score (nSPS) is 17.2. The van der Waals surface area contributed by atoms with Crippen LogP contribution in [0.5, 0.6) is 0 Å². The number of hydrogen-bond acceptors (Lipinski definition) is 5. The molecular formula is C17H27N5O2. The minimum Gasteiger partial charge on any atom is -0.356 e. The number of likely N-dealkylation sites (tertiary alicyclic amines) is 1. The van der Waals surface area contributed by atoms with Crippen LogP contribution in [0.2, 0.25) is 0 Å². The Labute approximate surface area is 143 Å². The van der Waals surface area contributed by atoms with Gasteiger partial charge in [-0.3, -0.25) is 19.8 Å². The van der Waals surface area contributed by atoms with Crippen molar-refractivity contribution in [2.45, 2.75) is 45.6 Å². The van der Waals surface area contributed by atoms with Gasteiger partial charge in [-0.2, -0.15) is 0 Å². The molecule has 0 saturated carbocycles. The van der Waals surface area contributed by atoms with Gasteiger partial charge in [0.1, 0.15) is 0 Å². The molecule has 0 aromatic carbocycles. The van der Waals surface area contributed by atoms with E-state index in [0.717, 1.165) is 45.3 Å². The van der Waals surface area contributed by atoms with Gasteiger partial charge in [0.15, 0.2) is 0 Å². The van der Waals surface area contributed by atoms with Crippen LogP contribution in [0.15, 0.2) is 18.5 Å². The largest absolute Gasteiger partial charge is 0.356 e. The van der Waals surface area contributed by atoms with E-state index in [1.807, 2.05) is 6.92 Å². The fraction of sp³-hybridized carbons (Fsp3) is 0.647. The van der Waals surface area contributed by atoms with E-state index in [2.05, 4.69) is 32.4 Å². The number of rotatable bonds is 7. The second-order valence-corrected chi connectivity index (χ2v) is 6.19. The molecule has 1 aliphatic heterocycles. The van der Waals surface area contributed by atoms with Gasteiger partial charge in [-0.15, -0.1) is 0 Å². The molecule has 0 spiro atoms. The van der Waals surface area contributed by atoms with Crippen molar-refractivity contribution in [1.82, 2.24) is 20.2 Å². The maximum absolute atomic E-state index is 12.3. The van der Waals surface area contributed by atoms with Crippen LogP contribution in [0.25, 0.3) is 0 Å². The number of unbranched alkanes of at least 4 members (excludes halogenated alkanes) is 1. The fourth-order valence-electron chi connectivity index (χ4n) is 2.83. The average molecular weight is 333 g/mol. The molecule has 132 valence electrons. The van der Waals surface area contributed by atoms with Crippen LogP contribution in [0.4, 0.5) is 5.95 Å². The molecule has 24 heavy (non-hydrogen) atoms. The summed E-state index contributed by atoms with van der Waals surface area (Å²) < 4.78 is 0. The number of carbonyl (C=O) groups is 2. The first-order valence-electron chi connectivity index (χ1n) is 8.71.